The van der Waals surface area contributed by atoms with Crippen molar-refractivity contribution in [3.8, 4) is 30.4 Å². The van der Waals surface area contributed by atoms with Gasteiger partial charge in [-0.3, -0.25) is 52.8 Å². The summed E-state index contributed by atoms with van der Waals surface area (Å²) in [6, 6.07) is -0.692. The molecular formula is C51H72N10O13S. The Kier molecular flexibility index (Phi) is 24.4. The number of carboxylic acids is 1. The van der Waals surface area contributed by atoms with Crippen LogP contribution in [0.5, 0.6) is 5.75 Å². The lowest BCUT2D eigenvalue weighted by Gasteiger charge is -2.38. The number of benzene rings is 1. The first-order chi connectivity index (χ1) is 34.9. The lowest BCUT2D eigenvalue weighted by atomic mass is 9.92. The van der Waals surface area contributed by atoms with Gasteiger partial charge in [-0.2, -0.15) is 0 Å². The number of esters is 1. The SMILES string of the molecule is C#CC(=O)NC(NC(=O)C#C)C(=O)N[C@@H](C)C(=O)N[C@@H](C)C(=O)Nc1cc(C[C@@H](CC(C)C(=O)O)NC(=O)c2csc([C@@H](C[C@H](C(C)C)N(C)C(=O)[C@@H](NC(=O)C(C)(C)N(C)C)[C@@H](C)CC)OC(C)=O)n2)ccc1O. The number of nitrogens with one attached hydrogen (secondary N) is 7. The van der Waals surface area contributed by atoms with Gasteiger partial charge in [0.1, 0.15) is 34.6 Å². The average molecular weight is 1070 g/mol. The number of terminal acetylenes is 2. The molecule has 0 bridgehead atoms. The van der Waals surface area contributed by atoms with Crippen LogP contribution in [-0.4, -0.2) is 147 Å². The Balaban J connectivity index is 2.33. The zero-order valence-corrected chi connectivity index (χ0v) is 45.5. The van der Waals surface area contributed by atoms with E-state index in [0.717, 1.165) is 11.3 Å². The Hall–Kier alpha value is -7.57. The lowest BCUT2D eigenvalue weighted by molar-refractivity contribution is -0.149. The van der Waals surface area contributed by atoms with E-state index >= 15 is 0 Å². The number of carbonyl (C=O) groups is 10. The molecule has 8 amide bonds. The van der Waals surface area contributed by atoms with Gasteiger partial charge in [0.25, 0.3) is 23.6 Å². The molecule has 0 aliphatic heterocycles. The molecule has 9 N–H and O–H groups in total. The smallest absolute Gasteiger partial charge is 0.306 e. The number of aromatic nitrogens is 1. The molecule has 2 rings (SSSR count). The fourth-order valence-electron chi connectivity index (χ4n) is 7.22. The third-order valence-electron chi connectivity index (χ3n) is 12.6. The van der Waals surface area contributed by atoms with Gasteiger partial charge in [0.05, 0.1) is 17.1 Å². The topological polar surface area (TPSA) is 324 Å². The van der Waals surface area contributed by atoms with E-state index in [9.17, 15) is 58.2 Å². The molecule has 1 heterocycles. The van der Waals surface area contributed by atoms with Gasteiger partial charge in [-0.1, -0.05) is 47.1 Å². The first-order valence-electron chi connectivity index (χ1n) is 24.1. The number of likely N-dealkylation sites (N-methyl/N-ethyl adjacent to an activating group) is 2. The second-order valence-corrected chi connectivity index (χ2v) is 20.2. The quantitative estimate of drug-likeness (QED) is 0.0265. The summed E-state index contributed by atoms with van der Waals surface area (Å²) in [5.41, 5.74) is -0.647. The van der Waals surface area contributed by atoms with E-state index in [1.54, 1.807) is 56.6 Å². The van der Waals surface area contributed by atoms with E-state index in [2.05, 4.69) is 31.6 Å². The molecule has 0 aliphatic carbocycles. The summed E-state index contributed by atoms with van der Waals surface area (Å²) in [6.07, 6.45) is 7.92. The third kappa shape index (κ3) is 19.0. The Morgan fingerprint density at radius 3 is 1.91 bits per heavy atom. The zero-order valence-electron chi connectivity index (χ0n) is 44.7. The van der Waals surface area contributed by atoms with Gasteiger partial charge in [-0.05, 0) is 96.0 Å². The first kappa shape index (κ1) is 63.5. The summed E-state index contributed by atoms with van der Waals surface area (Å²) < 4.78 is 5.76. The van der Waals surface area contributed by atoms with Crippen molar-refractivity contribution >= 4 is 76.2 Å². The van der Waals surface area contributed by atoms with Crippen molar-refractivity contribution in [3.05, 3.63) is 39.8 Å². The molecule has 1 aromatic heterocycles. The summed E-state index contributed by atoms with van der Waals surface area (Å²) in [4.78, 5) is 136. The van der Waals surface area contributed by atoms with Gasteiger partial charge in [0, 0.05) is 37.9 Å². The highest BCUT2D eigenvalue weighted by molar-refractivity contribution is 7.09. The number of phenols is 1. The second kappa shape index (κ2) is 28.8. The van der Waals surface area contributed by atoms with Gasteiger partial charge < -0.3 is 57.1 Å². The van der Waals surface area contributed by atoms with Crippen LogP contribution in [0.3, 0.4) is 0 Å². The minimum atomic E-state index is -1.74. The molecule has 0 saturated carbocycles. The molecule has 75 heavy (non-hydrogen) atoms. The maximum atomic E-state index is 14.3. The van der Waals surface area contributed by atoms with Crippen molar-refractivity contribution in [2.75, 3.05) is 26.5 Å². The molecule has 23 nitrogen and oxygen atoms in total. The average Bonchev–Trinajstić information content (AvgIpc) is 3.84. The molecule has 410 valence electrons. The molecular weight excluding hydrogens is 993 g/mol. The normalized spacial score (nSPS) is 14.4. The number of ether oxygens (including phenoxy) is 1. The number of amides is 8. The van der Waals surface area contributed by atoms with Gasteiger partial charge in [0.2, 0.25) is 23.6 Å². The number of hydrogen-bond acceptors (Lipinski definition) is 15. The highest BCUT2D eigenvalue weighted by Gasteiger charge is 2.39. The highest BCUT2D eigenvalue weighted by atomic mass is 32.1. The van der Waals surface area contributed by atoms with Gasteiger partial charge in [-0.15, -0.1) is 24.2 Å². The highest BCUT2D eigenvalue weighted by Crippen LogP contribution is 2.32. The fourth-order valence-corrected chi connectivity index (χ4v) is 8.06. The standard InChI is InChI=1S/C51H72N10O13S/c1-16-27(6)41(59-50(73)51(11,12)60(13)14)48(70)61(15)36(26(4)5)24-38(74-31(10)62)47-56-35(25-75-47)45(68)54-33(21-28(7)49(71)72)22-32-19-20-37(63)34(23-32)55-44(67)30(9)52-43(66)29(8)53-46(69)42(57-39(64)17-2)58-40(65)18-3/h2-3,19-20,23,25-30,33,36,38,41-42,63H,16,21-22,24H2,1,4-15H3,(H,52,66)(H,53,69)(H,54,68)(H,55,67)(H,57,64)(H,58,65)(H,59,73)(H,71,72)/t27-,28?,29-,30-,33+,36+,38+,41-/m0/s1. The number of carboxylic acid groups (broad SMARTS) is 1. The van der Waals surface area contributed by atoms with Crippen molar-refractivity contribution in [3.63, 3.8) is 0 Å². The van der Waals surface area contributed by atoms with Crippen molar-refractivity contribution in [2.45, 2.75) is 143 Å². The molecule has 0 aliphatic rings. The molecule has 1 unspecified atom stereocenters. The van der Waals surface area contributed by atoms with Gasteiger partial charge >= 0.3 is 11.9 Å². The van der Waals surface area contributed by atoms with Crippen molar-refractivity contribution < 1.29 is 62.9 Å². The number of nitrogens with zero attached hydrogens (tertiary/aromatic N) is 3. The van der Waals surface area contributed by atoms with Gasteiger partial charge in [-0.25, -0.2) is 4.98 Å². The number of aliphatic carboxylic acids is 1. The zero-order chi connectivity index (χ0) is 57.2. The van der Waals surface area contributed by atoms with Crippen LogP contribution in [0, 0.1) is 42.4 Å². The number of carbonyl (C=O) groups excluding carboxylic acids is 9. The largest absolute Gasteiger partial charge is 0.506 e. The number of thiazole rings is 1. The first-order valence-corrected chi connectivity index (χ1v) is 25.0. The minimum absolute atomic E-state index is 0.00512. The number of aromatic hydroxyl groups is 1. The number of anilines is 1. The molecule has 24 heteroatoms. The van der Waals surface area contributed by atoms with E-state index < -0.39 is 101 Å². The Bertz CT molecular complexity index is 2490. The van der Waals surface area contributed by atoms with Crippen molar-refractivity contribution in [2.24, 2.45) is 17.8 Å². The summed E-state index contributed by atoms with van der Waals surface area (Å²) in [7, 11) is 5.18. The van der Waals surface area contributed by atoms with Crippen LogP contribution in [0.25, 0.3) is 0 Å². The van der Waals surface area contributed by atoms with Crippen LogP contribution in [0.4, 0.5) is 5.69 Å². The summed E-state index contributed by atoms with van der Waals surface area (Å²) in [5, 5.41) is 39.3. The number of phenolic OH excluding ortho intramolecular Hbond substituents is 1. The maximum Gasteiger partial charge on any atom is 0.306 e. The van der Waals surface area contributed by atoms with Crippen molar-refractivity contribution in [1.82, 2.24) is 46.7 Å². The van der Waals surface area contributed by atoms with Crippen LogP contribution in [-0.2, 0) is 54.3 Å². The molecule has 1 aromatic carbocycles. The van der Waals surface area contributed by atoms with Crippen molar-refractivity contribution in [1.29, 1.82) is 0 Å². The molecule has 2 aromatic rings. The Labute approximate surface area is 441 Å². The van der Waals surface area contributed by atoms with Crippen LogP contribution in [0.2, 0.25) is 0 Å². The lowest BCUT2D eigenvalue weighted by Crippen LogP contribution is -2.60. The molecule has 0 radical (unpaired) electrons. The number of rotatable bonds is 27. The fraction of sp³-hybridized carbons (Fsp3) is 0.549. The number of hydrogen-bond donors (Lipinski definition) is 9. The van der Waals surface area contributed by atoms with Crippen LogP contribution >= 0.6 is 11.3 Å². The van der Waals surface area contributed by atoms with Gasteiger partial charge in [0.15, 0.2) is 12.3 Å². The molecule has 0 saturated heterocycles. The van der Waals surface area contributed by atoms with Crippen LogP contribution in [0.15, 0.2) is 23.6 Å². The third-order valence-corrected chi connectivity index (χ3v) is 13.6. The summed E-state index contributed by atoms with van der Waals surface area (Å²) in [5.74, 6) is -6.30. The maximum absolute atomic E-state index is 14.3. The predicted octanol–water partition coefficient (Wildman–Crippen LogP) is 1.42. The molecule has 0 spiro atoms. The molecule has 8 atom stereocenters. The summed E-state index contributed by atoms with van der Waals surface area (Å²) in [6.45, 7) is 16.4. The van der Waals surface area contributed by atoms with Crippen LogP contribution < -0.4 is 37.2 Å². The minimum Gasteiger partial charge on any atom is -0.506 e. The monoisotopic (exact) mass is 1060 g/mol. The van der Waals surface area contributed by atoms with E-state index in [0.29, 0.717) is 12.0 Å². The predicted molar refractivity (Wildman–Crippen MR) is 278 cm³/mol. The van der Waals surface area contributed by atoms with Crippen LogP contribution in [0.1, 0.15) is 116 Å². The molecule has 0 fully saturated rings. The van der Waals surface area contributed by atoms with E-state index in [-0.39, 0.29) is 65.1 Å². The van der Waals surface area contributed by atoms with E-state index in [1.807, 2.05) is 38.3 Å². The second-order valence-electron chi connectivity index (χ2n) is 19.3. The Morgan fingerprint density at radius 2 is 1.39 bits per heavy atom. The summed E-state index contributed by atoms with van der Waals surface area (Å²) >= 11 is 1.05. The van der Waals surface area contributed by atoms with E-state index in [4.69, 9.17) is 17.6 Å². The van der Waals surface area contributed by atoms with E-state index in [1.165, 1.54) is 51.3 Å². The Morgan fingerprint density at radius 1 is 0.813 bits per heavy atom.